The predicted octanol–water partition coefficient (Wildman–Crippen LogP) is 5.32. The molecular formula is C28H29Cl2F3N4O3S. The molecule has 1 heterocycles. The number of nitrogens with one attached hydrogen (secondary N) is 2. The largest absolute Gasteiger partial charge is 0.393 e. The van der Waals surface area contributed by atoms with Crippen LogP contribution in [-0.4, -0.2) is 53.8 Å². The average Bonchev–Trinajstić information content (AvgIpc) is 3.55. The third kappa shape index (κ3) is 4.82. The summed E-state index contributed by atoms with van der Waals surface area (Å²) in [5, 5.41) is 6.56. The Morgan fingerprint density at radius 3 is 2.34 bits per heavy atom. The van der Waals surface area contributed by atoms with Gasteiger partial charge in [0.2, 0.25) is 15.9 Å². The Bertz CT molecular complexity index is 1530. The number of carbonyl (C=O) groups is 1. The number of benzene rings is 2. The van der Waals surface area contributed by atoms with Crippen molar-refractivity contribution in [2.24, 2.45) is 16.3 Å². The quantitative estimate of drug-likeness (QED) is 0.414. The van der Waals surface area contributed by atoms with Crippen LogP contribution in [0.25, 0.3) is 0 Å². The summed E-state index contributed by atoms with van der Waals surface area (Å²) >= 11 is 12.3. The fourth-order valence-corrected chi connectivity index (χ4v) is 8.71. The Hall–Kier alpha value is -2.34. The molecule has 0 aromatic heterocycles. The van der Waals surface area contributed by atoms with E-state index in [2.05, 4.69) is 15.6 Å². The van der Waals surface area contributed by atoms with Gasteiger partial charge in [-0.3, -0.25) is 9.79 Å². The highest BCUT2D eigenvalue weighted by molar-refractivity contribution is 7.89. The van der Waals surface area contributed by atoms with E-state index in [-0.39, 0.29) is 17.9 Å². The number of sulfonamides is 1. The number of alkyl halides is 3. The van der Waals surface area contributed by atoms with Crippen molar-refractivity contribution in [2.45, 2.75) is 80.3 Å². The maximum atomic E-state index is 13.9. The molecule has 1 amide bonds. The summed E-state index contributed by atoms with van der Waals surface area (Å²) < 4.78 is 68.3. The zero-order valence-corrected chi connectivity index (χ0v) is 24.6. The molecule has 0 spiro atoms. The topological polar surface area (TPSA) is 90.9 Å². The molecule has 4 aliphatic carbocycles. The first-order valence-corrected chi connectivity index (χ1v) is 15.5. The fraction of sp³-hybridized carbons (Fsp3) is 0.500. The number of aliphatic imine (C=N–C) groups is 1. The minimum absolute atomic E-state index is 0.0996. The average molecular weight is 630 g/mol. The maximum Gasteiger partial charge on any atom is 0.393 e. The first-order valence-electron chi connectivity index (χ1n) is 13.3. The first kappa shape index (κ1) is 28.8. The highest BCUT2D eigenvalue weighted by atomic mass is 35.5. The molecule has 4 saturated carbocycles. The Morgan fingerprint density at radius 1 is 1.10 bits per heavy atom. The van der Waals surface area contributed by atoms with Crippen LogP contribution in [0.5, 0.6) is 0 Å². The third-order valence-electron chi connectivity index (χ3n) is 8.84. The van der Waals surface area contributed by atoms with Gasteiger partial charge in [0.05, 0.1) is 26.4 Å². The van der Waals surface area contributed by atoms with Crippen molar-refractivity contribution in [1.82, 2.24) is 14.9 Å². The van der Waals surface area contributed by atoms with Gasteiger partial charge in [-0.25, -0.2) is 8.42 Å². The van der Waals surface area contributed by atoms with Gasteiger partial charge in [0.15, 0.2) is 6.04 Å². The van der Waals surface area contributed by atoms with E-state index in [9.17, 15) is 26.4 Å². The highest BCUT2D eigenvalue weighted by Gasteiger charge is 2.75. The van der Waals surface area contributed by atoms with Crippen LogP contribution in [0.1, 0.15) is 45.1 Å². The van der Waals surface area contributed by atoms with Gasteiger partial charge >= 0.3 is 6.18 Å². The molecule has 2 unspecified atom stereocenters. The Kier molecular flexibility index (Phi) is 6.54. The summed E-state index contributed by atoms with van der Waals surface area (Å²) in [5.41, 5.74) is -1.18. The zero-order valence-electron chi connectivity index (χ0n) is 22.3. The van der Waals surface area contributed by atoms with E-state index in [1.807, 2.05) is 0 Å². The number of amidine groups is 1. The van der Waals surface area contributed by atoms with Gasteiger partial charge in [-0.2, -0.15) is 17.5 Å². The smallest absolute Gasteiger partial charge is 0.366 e. The molecule has 2 aromatic carbocycles. The Balaban J connectivity index is 1.22. The van der Waals surface area contributed by atoms with Crippen LogP contribution >= 0.6 is 23.2 Å². The van der Waals surface area contributed by atoms with Crippen molar-refractivity contribution < 1.29 is 26.4 Å². The van der Waals surface area contributed by atoms with E-state index in [1.54, 1.807) is 62.4 Å². The van der Waals surface area contributed by atoms with Crippen LogP contribution in [0.3, 0.4) is 0 Å². The number of hydrogen-bond acceptors (Lipinski definition) is 5. The second-order valence-electron chi connectivity index (χ2n) is 12.3. The van der Waals surface area contributed by atoms with Crippen molar-refractivity contribution >= 4 is 45.0 Å². The molecule has 7 rings (SSSR count). The van der Waals surface area contributed by atoms with Crippen LogP contribution in [0.15, 0.2) is 58.4 Å². The lowest BCUT2D eigenvalue weighted by Gasteiger charge is -2.73. The van der Waals surface area contributed by atoms with Crippen molar-refractivity contribution in [3.8, 4) is 0 Å². The molecule has 13 heteroatoms. The van der Waals surface area contributed by atoms with Gasteiger partial charge in [0.1, 0.15) is 5.84 Å². The minimum Gasteiger partial charge on any atom is -0.366 e. The lowest BCUT2D eigenvalue weighted by Crippen LogP contribution is -2.78. The normalized spacial score (nSPS) is 31.5. The van der Waals surface area contributed by atoms with Gasteiger partial charge in [0.25, 0.3) is 0 Å². The first-order chi connectivity index (χ1) is 19.1. The van der Waals surface area contributed by atoms with E-state index >= 15 is 0 Å². The van der Waals surface area contributed by atoms with Crippen LogP contribution in [-0.2, 0) is 21.4 Å². The van der Waals surface area contributed by atoms with Gasteiger partial charge in [-0.15, -0.1) is 0 Å². The van der Waals surface area contributed by atoms with Gasteiger partial charge < -0.3 is 10.6 Å². The maximum absolute atomic E-state index is 13.9. The van der Waals surface area contributed by atoms with E-state index in [1.165, 1.54) is 4.31 Å². The molecule has 2 aromatic rings. The Labute approximate surface area is 246 Å². The van der Waals surface area contributed by atoms with Crippen LogP contribution in [0.4, 0.5) is 13.2 Å². The number of rotatable bonds is 8. The lowest BCUT2D eigenvalue weighted by atomic mass is 9.38. The molecule has 2 N–H and O–H groups in total. The molecule has 2 bridgehead atoms. The SMILES string of the molecule is CC1(C)NC(C23CC(N(Cc4ccc(Cl)c(Cl)c4)S(=O)(=O)c4ccccc4)(C2)C3)=N[C@H]1C(=O)NC1CC1C(F)(F)F. The third-order valence-corrected chi connectivity index (χ3v) is 11.5. The standard InChI is InChI=1S/C28H29Cl2F3N4O3S/c1-25(2)22(23(38)34-21-11-18(21)28(31,32)33)35-24(36-25)26-13-27(14-26,15-26)37(12-16-8-9-19(29)20(30)10-16)41(39,40)17-6-4-3-5-7-17/h3-10,18,21-22H,11-15H2,1-2H3,(H,34,38)(H,35,36)/t18?,21?,22-,26?,27?/m0/s1. The summed E-state index contributed by atoms with van der Waals surface area (Å²) in [4.78, 5) is 17.8. The van der Waals surface area contributed by atoms with Gasteiger partial charge in [0, 0.05) is 23.5 Å². The molecule has 5 aliphatic rings. The van der Waals surface area contributed by atoms with Crippen LogP contribution < -0.4 is 10.6 Å². The molecular weight excluding hydrogens is 600 g/mol. The molecule has 3 atom stereocenters. The lowest BCUT2D eigenvalue weighted by molar-refractivity contribution is -0.151. The van der Waals surface area contributed by atoms with E-state index in [4.69, 9.17) is 23.2 Å². The minimum atomic E-state index is -4.33. The number of nitrogens with zero attached hydrogens (tertiary/aromatic N) is 2. The molecule has 41 heavy (non-hydrogen) atoms. The highest BCUT2D eigenvalue weighted by Crippen LogP contribution is 2.71. The number of amides is 1. The van der Waals surface area contributed by atoms with E-state index in [0.29, 0.717) is 40.7 Å². The summed E-state index contributed by atoms with van der Waals surface area (Å²) in [5.74, 6) is -1.44. The van der Waals surface area contributed by atoms with Gasteiger partial charge in [-0.1, -0.05) is 47.5 Å². The van der Waals surface area contributed by atoms with Crippen molar-refractivity contribution in [3.05, 3.63) is 64.1 Å². The number of carbonyl (C=O) groups excluding carboxylic acids is 1. The summed E-state index contributed by atoms with van der Waals surface area (Å²) in [6, 6.07) is 11.5. The second kappa shape index (κ2) is 9.33. The van der Waals surface area contributed by atoms with Gasteiger partial charge in [-0.05, 0) is 69.4 Å². The summed E-state index contributed by atoms with van der Waals surface area (Å²) in [6.07, 6.45) is -2.95. The number of hydrogen-bond donors (Lipinski definition) is 2. The summed E-state index contributed by atoms with van der Waals surface area (Å²) in [6.45, 7) is 3.68. The predicted molar refractivity (Wildman–Crippen MR) is 149 cm³/mol. The monoisotopic (exact) mass is 628 g/mol. The zero-order chi connectivity index (χ0) is 29.6. The molecule has 7 nitrogen and oxygen atoms in total. The van der Waals surface area contributed by atoms with Crippen molar-refractivity contribution in [1.29, 1.82) is 0 Å². The molecule has 220 valence electrons. The fourth-order valence-electron chi connectivity index (χ4n) is 6.61. The molecule has 0 radical (unpaired) electrons. The van der Waals surface area contributed by atoms with Crippen LogP contribution in [0.2, 0.25) is 10.0 Å². The molecule has 0 saturated heterocycles. The van der Waals surface area contributed by atoms with E-state index < -0.39 is 56.6 Å². The van der Waals surface area contributed by atoms with Crippen LogP contribution in [0, 0.1) is 11.3 Å². The van der Waals surface area contributed by atoms with E-state index in [0.717, 1.165) is 0 Å². The second-order valence-corrected chi connectivity index (χ2v) is 15.0. The summed E-state index contributed by atoms with van der Waals surface area (Å²) in [7, 11) is -3.88. The molecule has 4 fully saturated rings. The Morgan fingerprint density at radius 2 is 1.76 bits per heavy atom. The molecule has 1 aliphatic heterocycles. The van der Waals surface area contributed by atoms with Crippen molar-refractivity contribution in [3.63, 3.8) is 0 Å². The van der Waals surface area contributed by atoms with Crippen molar-refractivity contribution in [2.75, 3.05) is 0 Å². The number of halogens is 5.